The standard InChI is InChI=1S/C15H14O6/c1-9-12(14(17)19-2)7-10(21-9)8-20-15(18)11-5-3-4-6-13(11)16/h3-7,16H,8H2,1-2H3. The van der Waals surface area contributed by atoms with Crippen molar-refractivity contribution in [1.82, 2.24) is 0 Å². The summed E-state index contributed by atoms with van der Waals surface area (Å²) in [6.07, 6.45) is 0. The van der Waals surface area contributed by atoms with Gasteiger partial charge in [0.25, 0.3) is 0 Å². The lowest BCUT2D eigenvalue weighted by Gasteiger charge is -2.04. The number of benzene rings is 1. The summed E-state index contributed by atoms with van der Waals surface area (Å²) in [5, 5.41) is 9.55. The van der Waals surface area contributed by atoms with Crippen molar-refractivity contribution < 1.29 is 28.6 Å². The average Bonchev–Trinajstić information content (AvgIpc) is 2.85. The third kappa shape index (κ3) is 3.22. The molecule has 6 nitrogen and oxygen atoms in total. The number of hydrogen-bond acceptors (Lipinski definition) is 6. The normalized spacial score (nSPS) is 10.2. The van der Waals surface area contributed by atoms with Gasteiger partial charge in [0.05, 0.1) is 7.11 Å². The second-order valence-electron chi connectivity index (χ2n) is 4.27. The van der Waals surface area contributed by atoms with Gasteiger partial charge in [0.1, 0.15) is 35.0 Å². The first-order valence-electron chi connectivity index (χ1n) is 6.15. The molecule has 0 unspecified atom stereocenters. The summed E-state index contributed by atoms with van der Waals surface area (Å²) in [5.41, 5.74) is 0.347. The number of ether oxygens (including phenoxy) is 2. The largest absolute Gasteiger partial charge is 0.507 e. The highest BCUT2D eigenvalue weighted by Gasteiger charge is 2.17. The van der Waals surface area contributed by atoms with E-state index < -0.39 is 11.9 Å². The lowest BCUT2D eigenvalue weighted by Crippen LogP contribution is -2.05. The Hall–Kier alpha value is -2.76. The van der Waals surface area contributed by atoms with E-state index in [-0.39, 0.29) is 23.5 Å². The second kappa shape index (κ2) is 6.13. The zero-order chi connectivity index (χ0) is 15.4. The minimum absolute atomic E-state index is 0.0639. The van der Waals surface area contributed by atoms with Crippen LogP contribution in [0.4, 0.5) is 0 Å². The molecule has 1 heterocycles. The molecule has 1 aromatic carbocycles. The van der Waals surface area contributed by atoms with Gasteiger partial charge in [-0.3, -0.25) is 0 Å². The van der Waals surface area contributed by atoms with Crippen LogP contribution in [0.1, 0.15) is 32.2 Å². The molecule has 0 spiro atoms. The van der Waals surface area contributed by atoms with Crippen molar-refractivity contribution in [3.05, 3.63) is 53.0 Å². The number of phenolic OH excluding ortho intramolecular Hbond substituents is 1. The van der Waals surface area contributed by atoms with Crippen LogP contribution in [0.2, 0.25) is 0 Å². The Morgan fingerprint density at radius 3 is 2.57 bits per heavy atom. The lowest BCUT2D eigenvalue weighted by molar-refractivity contribution is 0.0440. The Morgan fingerprint density at radius 2 is 1.90 bits per heavy atom. The summed E-state index contributed by atoms with van der Waals surface area (Å²) < 4.78 is 14.9. The maximum absolute atomic E-state index is 11.8. The van der Waals surface area contributed by atoms with E-state index in [2.05, 4.69) is 4.74 Å². The SMILES string of the molecule is COC(=O)c1cc(COC(=O)c2ccccc2O)oc1C. The van der Waals surface area contributed by atoms with Crippen LogP contribution in [0.15, 0.2) is 34.7 Å². The molecule has 0 amide bonds. The fourth-order valence-electron chi connectivity index (χ4n) is 1.79. The molecule has 0 aliphatic heterocycles. The second-order valence-corrected chi connectivity index (χ2v) is 4.27. The van der Waals surface area contributed by atoms with Crippen LogP contribution in [0, 0.1) is 6.92 Å². The van der Waals surface area contributed by atoms with Crippen molar-refractivity contribution >= 4 is 11.9 Å². The van der Waals surface area contributed by atoms with Crippen molar-refractivity contribution in [3.63, 3.8) is 0 Å². The van der Waals surface area contributed by atoms with Crippen LogP contribution >= 0.6 is 0 Å². The quantitative estimate of drug-likeness (QED) is 0.870. The first kappa shape index (κ1) is 14.6. The summed E-state index contributed by atoms with van der Waals surface area (Å²) in [4.78, 5) is 23.2. The number of rotatable bonds is 4. The molecule has 1 N–H and O–H groups in total. The molecule has 0 aliphatic rings. The van der Waals surface area contributed by atoms with Gasteiger partial charge in [0.2, 0.25) is 0 Å². The van der Waals surface area contributed by atoms with Crippen LogP contribution in [0.5, 0.6) is 5.75 Å². The third-order valence-corrected chi connectivity index (χ3v) is 2.84. The third-order valence-electron chi connectivity index (χ3n) is 2.84. The molecule has 1 aromatic heterocycles. The van der Waals surface area contributed by atoms with E-state index in [9.17, 15) is 14.7 Å². The highest BCUT2D eigenvalue weighted by Crippen LogP contribution is 2.19. The molecule has 0 bridgehead atoms. The number of carbonyl (C=O) groups is 2. The summed E-state index contributed by atoms with van der Waals surface area (Å²) in [5.74, 6) is -0.656. The van der Waals surface area contributed by atoms with Crippen molar-refractivity contribution in [1.29, 1.82) is 0 Å². The molecule has 2 rings (SSSR count). The molecule has 0 fully saturated rings. The van der Waals surface area contributed by atoms with Gasteiger partial charge in [-0.2, -0.15) is 0 Å². The van der Waals surface area contributed by atoms with Crippen LogP contribution in [0.25, 0.3) is 0 Å². The maximum atomic E-state index is 11.8. The molecule has 2 aromatic rings. The van der Waals surface area contributed by atoms with Gasteiger partial charge in [0, 0.05) is 0 Å². The average molecular weight is 290 g/mol. The summed E-state index contributed by atoms with van der Waals surface area (Å²) in [6.45, 7) is 1.46. The highest BCUT2D eigenvalue weighted by atomic mass is 16.5. The van der Waals surface area contributed by atoms with E-state index in [1.165, 1.54) is 25.3 Å². The number of hydrogen-bond donors (Lipinski definition) is 1. The molecule has 6 heteroatoms. The van der Waals surface area contributed by atoms with Gasteiger partial charge in [-0.15, -0.1) is 0 Å². The van der Waals surface area contributed by atoms with Crippen LogP contribution < -0.4 is 0 Å². The molecular formula is C15H14O6. The van der Waals surface area contributed by atoms with E-state index >= 15 is 0 Å². The molecule has 0 aliphatic carbocycles. The summed E-state index contributed by atoms with van der Waals surface area (Å²) in [6, 6.07) is 7.51. The minimum atomic E-state index is -0.679. The summed E-state index contributed by atoms with van der Waals surface area (Å²) >= 11 is 0. The first-order chi connectivity index (χ1) is 10.0. The van der Waals surface area contributed by atoms with Crippen molar-refractivity contribution in [3.8, 4) is 5.75 Å². The van der Waals surface area contributed by atoms with Crippen LogP contribution in [0.3, 0.4) is 0 Å². The van der Waals surface area contributed by atoms with Gasteiger partial charge in [0.15, 0.2) is 0 Å². The van der Waals surface area contributed by atoms with Gasteiger partial charge in [-0.05, 0) is 25.1 Å². The monoisotopic (exact) mass is 290 g/mol. The smallest absolute Gasteiger partial charge is 0.342 e. The molecule has 110 valence electrons. The topological polar surface area (TPSA) is 86.0 Å². The van der Waals surface area contributed by atoms with Gasteiger partial charge in [-0.1, -0.05) is 12.1 Å². The van der Waals surface area contributed by atoms with E-state index in [1.807, 2.05) is 0 Å². The van der Waals surface area contributed by atoms with Gasteiger partial charge >= 0.3 is 11.9 Å². The molecule has 0 saturated carbocycles. The Morgan fingerprint density at radius 1 is 1.19 bits per heavy atom. The lowest BCUT2D eigenvalue weighted by atomic mass is 10.2. The Bertz CT molecular complexity index is 671. The number of furan rings is 1. The van der Waals surface area contributed by atoms with E-state index in [4.69, 9.17) is 9.15 Å². The van der Waals surface area contributed by atoms with Crippen molar-refractivity contribution in [2.75, 3.05) is 7.11 Å². The number of esters is 2. The molecule has 0 radical (unpaired) electrons. The van der Waals surface area contributed by atoms with Crippen LogP contribution in [-0.2, 0) is 16.1 Å². The zero-order valence-corrected chi connectivity index (χ0v) is 11.6. The number of aromatic hydroxyl groups is 1. The van der Waals surface area contributed by atoms with E-state index in [0.717, 1.165) is 0 Å². The fourth-order valence-corrected chi connectivity index (χ4v) is 1.79. The molecule has 0 saturated heterocycles. The van der Waals surface area contributed by atoms with Gasteiger partial charge in [-0.25, -0.2) is 9.59 Å². The Labute approximate surface area is 120 Å². The number of methoxy groups -OCH3 is 1. The molecule has 0 atom stereocenters. The number of carbonyl (C=O) groups excluding carboxylic acids is 2. The van der Waals surface area contributed by atoms with E-state index in [1.54, 1.807) is 19.1 Å². The number of aryl methyl sites for hydroxylation is 1. The minimum Gasteiger partial charge on any atom is -0.507 e. The predicted molar refractivity (Wildman–Crippen MR) is 72.0 cm³/mol. The van der Waals surface area contributed by atoms with Crippen molar-refractivity contribution in [2.24, 2.45) is 0 Å². The maximum Gasteiger partial charge on any atom is 0.342 e. The highest BCUT2D eigenvalue weighted by molar-refractivity contribution is 5.92. The Kier molecular flexibility index (Phi) is 4.27. The molecule has 21 heavy (non-hydrogen) atoms. The molecular weight excluding hydrogens is 276 g/mol. The predicted octanol–water partition coefficient (Wildman–Crippen LogP) is 2.44. The number of para-hydroxylation sites is 1. The fraction of sp³-hybridized carbons (Fsp3) is 0.200. The van der Waals surface area contributed by atoms with Crippen LogP contribution in [-0.4, -0.2) is 24.2 Å². The summed E-state index contributed by atoms with van der Waals surface area (Å²) in [7, 11) is 1.27. The number of phenols is 1. The van der Waals surface area contributed by atoms with Crippen molar-refractivity contribution in [2.45, 2.75) is 13.5 Å². The van der Waals surface area contributed by atoms with Gasteiger partial charge < -0.3 is 19.0 Å². The Balaban J connectivity index is 2.05. The van der Waals surface area contributed by atoms with E-state index in [0.29, 0.717) is 11.5 Å². The first-order valence-corrected chi connectivity index (χ1v) is 6.15. The zero-order valence-electron chi connectivity index (χ0n) is 11.6.